The van der Waals surface area contributed by atoms with E-state index in [1.165, 1.54) is 6.20 Å². The van der Waals surface area contributed by atoms with Crippen LogP contribution < -0.4 is 5.56 Å². The molecule has 0 N–H and O–H groups in total. The zero-order valence-corrected chi connectivity index (χ0v) is 15.2. The molecule has 134 valence electrons. The molecule has 26 heavy (non-hydrogen) atoms. The maximum Gasteiger partial charge on any atom is 0.287 e. The van der Waals surface area contributed by atoms with Crippen molar-refractivity contribution in [3.63, 3.8) is 0 Å². The molecule has 6 nitrogen and oxygen atoms in total. The summed E-state index contributed by atoms with van der Waals surface area (Å²) >= 11 is 11.6. The van der Waals surface area contributed by atoms with E-state index < -0.39 is 5.56 Å². The van der Waals surface area contributed by atoms with Gasteiger partial charge in [0.15, 0.2) is 0 Å². The second-order valence-corrected chi connectivity index (χ2v) is 6.37. The molecule has 0 unspecified atom stereocenters. The zero-order chi connectivity index (χ0) is 18.5. The summed E-state index contributed by atoms with van der Waals surface area (Å²) in [7, 11) is 0. The van der Waals surface area contributed by atoms with Gasteiger partial charge in [-0.25, -0.2) is 4.68 Å². The highest BCUT2D eigenvalue weighted by Crippen LogP contribution is 2.15. The summed E-state index contributed by atoms with van der Waals surface area (Å²) < 4.78 is 6.34. The Kier molecular flexibility index (Phi) is 5.75. The smallest absolute Gasteiger partial charge is 0.287 e. The fourth-order valence-corrected chi connectivity index (χ4v) is 2.68. The van der Waals surface area contributed by atoms with Crippen LogP contribution in [-0.2, 0) is 24.4 Å². The summed E-state index contributed by atoms with van der Waals surface area (Å²) in [6.45, 7) is 0.399. The molecule has 8 heteroatoms. The second-order valence-electron chi connectivity index (χ2n) is 5.58. The van der Waals surface area contributed by atoms with Gasteiger partial charge in [-0.1, -0.05) is 53.5 Å². The predicted molar refractivity (Wildman–Crippen MR) is 97.9 cm³/mol. The first kappa shape index (κ1) is 18.2. The molecule has 0 fully saturated rings. The zero-order valence-electron chi connectivity index (χ0n) is 13.6. The minimum absolute atomic E-state index is 0.0529. The van der Waals surface area contributed by atoms with E-state index in [1.54, 1.807) is 23.3 Å². The SMILES string of the molecule is O=C(Cn1ncc(Cl)c(Cl)c1=O)N(Cc1ccccc1)Cc1ccco1. The van der Waals surface area contributed by atoms with Gasteiger partial charge in [0.2, 0.25) is 5.91 Å². The molecule has 2 aromatic heterocycles. The lowest BCUT2D eigenvalue weighted by atomic mass is 10.2. The van der Waals surface area contributed by atoms with Crippen molar-refractivity contribution in [2.45, 2.75) is 19.6 Å². The predicted octanol–water partition coefficient (Wildman–Crippen LogP) is 3.37. The normalized spacial score (nSPS) is 10.7. The largest absolute Gasteiger partial charge is 0.467 e. The Bertz CT molecular complexity index is 940. The molecule has 0 aliphatic rings. The third kappa shape index (κ3) is 4.33. The number of benzene rings is 1. The van der Waals surface area contributed by atoms with Crippen LogP contribution in [-0.4, -0.2) is 20.6 Å². The first-order valence-electron chi connectivity index (χ1n) is 7.80. The van der Waals surface area contributed by atoms with E-state index in [2.05, 4.69) is 5.10 Å². The van der Waals surface area contributed by atoms with Crippen LogP contribution in [0.4, 0.5) is 0 Å². The molecule has 0 spiro atoms. The highest BCUT2D eigenvalue weighted by atomic mass is 35.5. The molecule has 2 heterocycles. The maximum atomic E-state index is 12.8. The molecule has 1 aromatic carbocycles. The monoisotopic (exact) mass is 391 g/mol. The number of halogens is 2. The van der Waals surface area contributed by atoms with Gasteiger partial charge in [-0.05, 0) is 17.7 Å². The van der Waals surface area contributed by atoms with Crippen LogP contribution in [0.2, 0.25) is 10.0 Å². The van der Waals surface area contributed by atoms with E-state index >= 15 is 0 Å². The number of rotatable bonds is 6. The molecule has 0 saturated heterocycles. The van der Waals surface area contributed by atoms with Gasteiger partial charge < -0.3 is 9.32 Å². The van der Waals surface area contributed by atoms with E-state index in [1.807, 2.05) is 30.3 Å². The molecule has 0 aliphatic heterocycles. The van der Waals surface area contributed by atoms with Gasteiger partial charge in [0, 0.05) is 6.54 Å². The van der Waals surface area contributed by atoms with Crippen LogP contribution in [0, 0.1) is 0 Å². The Hall–Kier alpha value is -2.57. The number of amides is 1. The number of hydrogen-bond acceptors (Lipinski definition) is 4. The minimum Gasteiger partial charge on any atom is -0.467 e. The molecule has 3 rings (SSSR count). The van der Waals surface area contributed by atoms with Gasteiger partial charge >= 0.3 is 0 Å². The lowest BCUT2D eigenvalue weighted by molar-refractivity contribution is -0.133. The third-order valence-electron chi connectivity index (χ3n) is 3.72. The van der Waals surface area contributed by atoms with Crippen molar-refractivity contribution in [3.05, 3.63) is 86.6 Å². The first-order chi connectivity index (χ1) is 12.5. The van der Waals surface area contributed by atoms with Crippen molar-refractivity contribution in [2.75, 3.05) is 0 Å². The average Bonchev–Trinajstić information content (AvgIpc) is 3.15. The van der Waals surface area contributed by atoms with Crippen LogP contribution in [0.25, 0.3) is 0 Å². The molecule has 1 amide bonds. The van der Waals surface area contributed by atoms with Crippen molar-refractivity contribution < 1.29 is 9.21 Å². The number of hydrogen-bond donors (Lipinski definition) is 0. The summed E-state index contributed by atoms with van der Waals surface area (Å²) in [5.41, 5.74) is 0.354. The Morgan fingerprint density at radius 3 is 2.58 bits per heavy atom. The Morgan fingerprint density at radius 1 is 1.12 bits per heavy atom. The minimum atomic E-state index is -0.606. The lowest BCUT2D eigenvalue weighted by Crippen LogP contribution is -2.36. The number of aromatic nitrogens is 2. The van der Waals surface area contributed by atoms with Crippen LogP contribution in [0.15, 0.2) is 64.1 Å². The second kappa shape index (κ2) is 8.21. The van der Waals surface area contributed by atoms with Gasteiger partial charge in [-0.15, -0.1) is 0 Å². The summed E-state index contributed by atoms with van der Waals surface area (Å²) in [5.74, 6) is 0.349. The van der Waals surface area contributed by atoms with Crippen molar-refractivity contribution in [2.24, 2.45) is 0 Å². The Balaban J connectivity index is 1.82. The highest BCUT2D eigenvalue weighted by molar-refractivity contribution is 6.41. The Labute approximate surface area is 159 Å². The molecular weight excluding hydrogens is 377 g/mol. The third-order valence-corrected chi connectivity index (χ3v) is 4.47. The lowest BCUT2D eigenvalue weighted by Gasteiger charge is -2.22. The Morgan fingerprint density at radius 2 is 1.88 bits per heavy atom. The van der Waals surface area contributed by atoms with E-state index in [-0.39, 0.29) is 29.0 Å². The van der Waals surface area contributed by atoms with Crippen molar-refractivity contribution in [1.29, 1.82) is 0 Å². The quantitative estimate of drug-likeness (QED) is 0.645. The van der Waals surface area contributed by atoms with E-state index in [0.717, 1.165) is 10.2 Å². The molecule has 0 aliphatic carbocycles. The van der Waals surface area contributed by atoms with Crippen LogP contribution >= 0.6 is 23.2 Å². The topological polar surface area (TPSA) is 68.3 Å². The number of furan rings is 1. The van der Waals surface area contributed by atoms with Gasteiger partial charge in [0.05, 0.1) is 24.0 Å². The fourth-order valence-electron chi connectivity index (χ4n) is 2.41. The number of carbonyl (C=O) groups is 1. The molecular formula is C18H15Cl2N3O3. The van der Waals surface area contributed by atoms with Gasteiger partial charge in [0.1, 0.15) is 17.3 Å². The van der Waals surface area contributed by atoms with Crippen molar-refractivity contribution in [1.82, 2.24) is 14.7 Å². The van der Waals surface area contributed by atoms with Crippen LogP contribution in [0.5, 0.6) is 0 Å². The molecule has 0 radical (unpaired) electrons. The average molecular weight is 392 g/mol. The van der Waals surface area contributed by atoms with E-state index in [4.69, 9.17) is 27.6 Å². The summed E-state index contributed by atoms with van der Waals surface area (Å²) in [6.07, 6.45) is 2.79. The molecule has 0 atom stereocenters. The van der Waals surface area contributed by atoms with Crippen LogP contribution in [0.3, 0.4) is 0 Å². The van der Waals surface area contributed by atoms with Crippen LogP contribution in [0.1, 0.15) is 11.3 Å². The summed E-state index contributed by atoms with van der Waals surface area (Å²) in [6, 6.07) is 13.1. The van der Waals surface area contributed by atoms with E-state index in [9.17, 15) is 9.59 Å². The molecule has 3 aromatic rings. The van der Waals surface area contributed by atoms with Gasteiger partial charge in [-0.2, -0.15) is 5.10 Å². The summed E-state index contributed by atoms with van der Waals surface area (Å²) in [5, 5.41) is 3.78. The number of nitrogens with zero attached hydrogens (tertiary/aromatic N) is 3. The van der Waals surface area contributed by atoms with Gasteiger partial charge in [0.25, 0.3) is 5.56 Å². The van der Waals surface area contributed by atoms with E-state index in [0.29, 0.717) is 12.3 Å². The van der Waals surface area contributed by atoms with Gasteiger partial charge in [-0.3, -0.25) is 9.59 Å². The first-order valence-corrected chi connectivity index (χ1v) is 8.55. The number of carbonyl (C=O) groups excluding carboxylic acids is 1. The molecule has 0 saturated carbocycles. The van der Waals surface area contributed by atoms with Crippen molar-refractivity contribution in [3.8, 4) is 0 Å². The standard InChI is InChI=1S/C18H15Cl2N3O3/c19-15-9-21-23(18(25)17(15)20)12-16(24)22(11-14-7-4-8-26-14)10-13-5-2-1-3-6-13/h1-9H,10-12H2. The maximum absolute atomic E-state index is 12.8. The highest BCUT2D eigenvalue weighted by Gasteiger charge is 2.18. The fraction of sp³-hybridized carbons (Fsp3) is 0.167. The molecule has 0 bridgehead atoms. The van der Waals surface area contributed by atoms with Crippen molar-refractivity contribution >= 4 is 29.1 Å². The summed E-state index contributed by atoms with van der Waals surface area (Å²) in [4.78, 5) is 26.5.